The molecule has 8 nitrogen and oxygen atoms in total. The number of benzene rings is 2. The molecule has 9 heteroatoms. The summed E-state index contributed by atoms with van der Waals surface area (Å²) in [6.07, 6.45) is 0.629. The maximum Gasteiger partial charge on any atom is 0.238 e. The molecule has 160 valence electrons. The molecule has 2 aromatic rings. The van der Waals surface area contributed by atoms with Crippen LogP contribution < -0.4 is 20.1 Å². The van der Waals surface area contributed by atoms with E-state index in [-0.39, 0.29) is 35.7 Å². The number of sulfonamides is 1. The van der Waals surface area contributed by atoms with E-state index in [0.717, 1.165) is 11.3 Å². The normalized spacial score (nSPS) is 15.8. The number of amides is 2. The number of fused-ring (bicyclic) bond motifs is 1. The van der Waals surface area contributed by atoms with Crippen molar-refractivity contribution in [3.8, 4) is 5.75 Å². The van der Waals surface area contributed by atoms with Gasteiger partial charge in [-0.25, -0.2) is 13.6 Å². The van der Waals surface area contributed by atoms with E-state index in [4.69, 9.17) is 9.88 Å². The fraction of sp³-hybridized carbons (Fsp3) is 0.333. The first-order valence-corrected chi connectivity index (χ1v) is 11.2. The molecule has 3 N–H and O–H groups in total. The first kappa shape index (κ1) is 21.8. The quantitative estimate of drug-likeness (QED) is 0.690. The minimum atomic E-state index is -3.71. The first-order chi connectivity index (χ1) is 14.2. The second kappa shape index (κ2) is 9.27. The Morgan fingerprint density at radius 2 is 1.83 bits per heavy atom. The van der Waals surface area contributed by atoms with Gasteiger partial charge in [0.1, 0.15) is 11.9 Å². The van der Waals surface area contributed by atoms with Crippen LogP contribution in [0.3, 0.4) is 0 Å². The molecular formula is C21H25N3O5S. The Morgan fingerprint density at radius 3 is 2.53 bits per heavy atom. The number of para-hydroxylation sites is 2. The summed E-state index contributed by atoms with van der Waals surface area (Å²) in [5.74, 6) is 0.341. The fourth-order valence-corrected chi connectivity index (χ4v) is 3.78. The van der Waals surface area contributed by atoms with Crippen LogP contribution in [0.2, 0.25) is 0 Å². The standard InChI is InChI=1S/C21H25N3O5S/c1-15-14-24(18-4-2-3-5-19(18)29-15)21(26)11-10-20(25)23-13-12-16-6-8-17(9-7-16)30(22,27)28/h2-9,15H,10-14H2,1H3,(H,23,25)(H2,22,27,28)/t15-/m0/s1. The minimum absolute atomic E-state index is 0.0489. The Labute approximate surface area is 176 Å². The predicted octanol–water partition coefficient (Wildman–Crippen LogP) is 1.59. The zero-order chi connectivity index (χ0) is 21.7. The summed E-state index contributed by atoms with van der Waals surface area (Å²) in [6.45, 7) is 2.74. The lowest BCUT2D eigenvalue weighted by molar-refractivity contribution is -0.125. The zero-order valence-electron chi connectivity index (χ0n) is 16.7. The third kappa shape index (κ3) is 5.58. The van der Waals surface area contributed by atoms with Crippen LogP contribution in [0, 0.1) is 0 Å². The second-order valence-electron chi connectivity index (χ2n) is 7.19. The Kier molecular flexibility index (Phi) is 6.73. The van der Waals surface area contributed by atoms with Crippen LogP contribution in [0.25, 0.3) is 0 Å². The van der Waals surface area contributed by atoms with Gasteiger partial charge in [-0.2, -0.15) is 0 Å². The van der Waals surface area contributed by atoms with Crippen molar-refractivity contribution in [2.24, 2.45) is 5.14 Å². The maximum absolute atomic E-state index is 12.7. The van der Waals surface area contributed by atoms with E-state index in [1.165, 1.54) is 12.1 Å². The topological polar surface area (TPSA) is 119 Å². The maximum atomic E-state index is 12.7. The van der Waals surface area contributed by atoms with E-state index in [1.807, 2.05) is 31.2 Å². The Balaban J connectivity index is 1.45. The number of nitrogens with two attached hydrogens (primary N) is 1. The number of hydrogen-bond donors (Lipinski definition) is 2. The van der Waals surface area contributed by atoms with Crippen LogP contribution in [0.4, 0.5) is 5.69 Å². The molecule has 0 bridgehead atoms. The van der Waals surface area contributed by atoms with E-state index >= 15 is 0 Å². The van der Waals surface area contributed by atoms with Gasteiger partial charge < -0.3 is 15.0 Å². The van der Waals surface area contributed by atoms with Crippen LogP contribution in [-0.4, -0.2) is 39.4 Å². The molecule has 0 unspecified atom stereocenters. The van der Waals surface area contributed by atoms with Crippen molar-refractivity contribution in [2.75, 3.05) is 18.0 Å². The monoisotopic (exact) mass is 431 g/mol. The molecule has 1 atom stereocenters. The molecular weight excluding hydrogens is 406 g/mol. The van der Waals surface area contributed by atoms with E-state index in [9.17, 15) is 18.0 Å². The Bertz CT molecular complexity index is 1020. The molecule has 1 heterocycles. The van der Waals surface area contributed by atoms with Crippen molar-refractivity contribution < 1.29 is 22.7 Å². The summed E-state index contributed by atoms with van der Waals surface area (Å²) in [6, 6.07) is 13.6. The van der Waals surface area contributed by atoms with Gasteiger partial charge in [0.25, 0.3) is 0 Å². The molecule has 2 amide bonds. The summed E-state index contributed by atoms with van der Waals surface area (Å²) in [5, 5.41) is 7.85. The second-order valence-corrected chi connectivity index (χ2v) is 8.75. The Hall–Kier alpha value is -2.91. The number of hydrogen-bond acceptors (Lipinski definition) is 5. The highest BCUT2D eigenvalue weighted by molar-refractivity contribution is 7.89. The molecule has 0 radical (unpaired) electrons. The molecule has 0 saturated carbocycles. The van der Waals surface area contributed by atoms with E-state index < -0.39 is 10.0 Å². The SMILES string of the molecule is C[C@H]1CN(C(=O)CCC(=O)NCCc2ccc(S(N)(=O)=O)cc2)c2ccccc2O1. The molecule has 0 saturated heterocycles. The molecule has 1 aliphatic rings. The van der Waals surface area contributed by atoms with Gasteiger partial charge in [-0.1, -0.05) is 24.3 Å². The number of ether oxygens (including phenoxy) is 1. The van der Waals surface area contributed by atoms with Crippen LogP contribution in [0.5, 0.6) is 5.75 Å². The van der Waals surface area contributed by atoms with Gasteiger partial charge in [0, 0.05) is 19.4 Å². The van der Waals surface area contributed by atoms with Crippen molar-refractivity contribution in [3.63, 3.8) is 0 Å². The summed E-state index contributed by atoms with van der Waals surface area (Å²) in [5.41, 5.74) is 1.60. The van der Waals surface area contributed by atoms with E-state index in [0.29, 0.717) is 25.3 Å². The molecule has 30 heavy (non-hydrogen) atoms. The summed E-state index contributed by atoms with van der Waals surface area (Å²) in [7, 11) is -3.71. The highest BCUT2D eigenvalue weighted by Gasteiger charge is 2.27. The lowest BCUT2D eigenvalue weighted by Gasteiger charge is -2.33. The number of carbonyl (C=O) groups excluding carboxylic acids is 2. The average molecular weight is 432 g/mol. The molecule has 0 aliphatic carbocycles. The fourth-order valence-electron chi connectivity index (χ4n) is 3.26. The number of rotatable bonds is 7. The predicted molar refractivity (Wildman–Crippen MR) is 113 cm³/mol. The van der Waals surface area contributed by atoms with Gasteiger partial charge in [0.2, 0.25) is 21.8 Å². The molecule has 0 fully saturated rings. The van der Waals surface area contributed by atoms with Gasteiger partial charge in [0.05, 0.1) is 17.1 Å². The summed E-state index contributed by atoms with van der Waals surface area (Å²) < 4.78 is 28.3. The van der Waals surface area contributed by atoms with Gasteiger partial charge in [-0.3, -0.25) is 9.59 Å². The average Bonchev–Trinajstić information content (AvgIpc) is 2.71. The minimum Gasteiger partial charge on any atom is -0.487 e. The van der Waals surface area contributed by atoms with Crippen LogP contribution in [0.15, 0.2) is 53.4 Å². The lowest BCUT2D eigenvalue weighted by atomic mass is 10.1. The van der Waals surface area contributed by atoms with Crippen molar-refractivity contribution in [2.45, 2.75) is 37.2 Å². The molecule has 0 spiro atoms. The first-order valence-electron chi connectivity index (χ1n) is 9.68. The summed E-state index contributed by atoms with van der Waals surface area (Å²) >= 11 is 0. The summed E-state index contributed by atoms with van der Waals surface area (Å²) in [4.78, 5) is 26.5. The molecule has 1 aliphatic heterocycles. The molecule has 2 aromatic carbocycles. The van der Waals surface area contributed by atoms with Crippen molar-refractivity contribution in [1.29, 1.82) is 0 Å². The van der Waals surface area contributed by atoms with Crippen molar-refractivity contribution in [3.05, 3.63) is 54.1 Å². The highest BCUT2D eigenvalue weighted by atomic mass is 32.2. The van der Waals surface area contributed by atoms with Crippen LogP contribution >= 0.6 is 0 Å². The number of carbonyl (C=O) groups is 2. The van der Waals surface area contributed by atoms with Crippen LogP contribution in [0.1, 0.15) is 25.3 Å². The number of anilines is 1. The highest BCUT2D eigenvalue weighted by Crippen LogP contribution is 2.33. The van der Waals surface area contributed by atoms with E-state index in [2.05, 4.69) is 5.32 Å². The molecule has 3 rings (SSSR count). The third-order valence-electron chi connectivity index (χ3n) is 4.78. The van der Waals surface area contributed by atoms with Gasteiger partial charge in [-0.15, -0.1) is 0 Å². The zero-order valence-corrected chi connectivity index (χ0v) is 17.5. The Morgan fingerprint density at radius 1 is 1.13 bits per heavy atom. The lowest BCUT2D eigenvalue weighted by Crippen LogP contribution is -2.42. The van der Waals surface area contributed by atoms with Gasteiger partial charge >= 0.3 is 0 Å². The van der Waals surface area contributed by atoms with Gasteiger partial charge in [-0.05, 0) is 43.2 Å². The number of nitrogens with one attached hydrogen (secondary N) is 1. The van der Waals surface area contributed by atoms with Crippen molar-refractivity contribution >= 4 is 27.5 Å². The van der Waals surface area contributed by atoms with Crippen LogP contribution in [-0.2, 0) is 26.0 Å². The number of nitrogens with zero attached hydrogens (tertiary/aromatic N) is 1. The third-order valence-corrected chi connectivity index (χ3v) is 5.71. The van der Waals surface area contributed by atoms with E-state index in [1.54, 1.807) is 17.0 Å². The van der Waals surface area contributed by atoms with Crippen molar-refractivity contribution in [1.82, 2.24) is 5.32 Å². The number of primary sulfonamides is 1. The smallest absolute Gasteiger partial charge is 0.238 e. The van der Waals surface area contributed by atoms with Gasteiger partial charge in [0.15, 0.2) is 0 Å². The largest absolute Gasteiger partial charge is 0.487 e. The molecule has 0 aromatic heterocycles.